The predicted octanol–water partition coefficient (Wildman–Crippen LogP) is 7.05. The zero-order valence-corrected chi connectivity index (χ0v) is 19.2. The van der Waals surface area contributed by atoms with Crippen LogP contribution in [0.5, 0.6) is 0 Å². The van der Waals surface area contributed by atoms with E-state index >= 15 is 0 Å². The quantitative estimate of drug-likeness (QED) is 0.329. The lowest BCUT2D eigenvalue weighted by Gasteiger charge is -2.13. The van der Waals surface area contributed by atoms with Crippen LogP contribution in [0.3, 0.4) is 0 Å². The molecule has 2 aromatic heterocycles. The van der Waals surface area contributed by atoms with Gasteiger partial charge in [0.2, 0.25) is 0 Å². The fourth-order valence-corrected chi connectivity index (χ4v) is 5.90. The van der Waals surface area contributed by atoms with Gasteiger partial charge >= 0.3 is 6.18 Å². The Morgan fingerprint density at radius 2 is 1.72 bits per heavy atom. The maximum absolute atomic E-state index is 13.0. The first-order chi connectivity index (χ1) is 15.0. The zero-order valence-electron chi connectivity index (χ0n) is 16.8. The van der Waals surface area contributed by atoms with Gasteiger partial charge in [-0.3, -0.25) is 4.72 Å². The molecule has 0 aliphatic carbocycles. The molecular weight excluding hydrogens is 481 g/mol. The van der Waals surface area contributed by atoms with Crippen LogP contribution in [0.4, 0.5) is 18.9 Å². The van der Waals surface area contributed by atoms with Crippen LogP contribution in [0.1, 0.15) is 16.1 Å². The minimum atomic E-state index is -4.44. The van der Waals surface area contributed by atoms with Crippen molar-refractivity contribution in [1.82, 2.24) is 4.98 Å². The monoisotopic (exact) mass is 496 g/mol. The molecular formula is C22H16ClF3N2O2S2. The molecule has 0 spiro atoms. The summed E-state index contributed by atoms with van der Waals surface area (Å²) in [6.07, 6.45) is -4.44. The Bertz CT molecular complexity index is 1430. The third-order valence-electron chi connectivity index (χ3n) is 4.82. The summed E-state index contributed by atoms with van der Waals surface area (Å²) in [6, 6.07) is 12.3. The summed E-state index contributed by atoms with van der Waals surface area (Å²) >= 11 is 7.29. The fourth-order valence-electron chi connectivity index (χ4n) is 3.42. The summed E-state index contributed by atoms with van der Waals surface area (Å²) in [4.78, 5) is 5.89. The Labute approximate surface area is 191 Å². The first-order valence-electron chi connectivity index (χ1n) is 9.32. The molecule has 0 amide bonds. The number of hydrogen-bond donors (Lipinski definition) is 1. The zero-order chi connectivity index (χ0) is 23.3. The number of halogens is 4. The Kier molecular flexibility index (Phi) is 5.68. The lowest BCUT2D eigenvalue weighted by atomic mass is 10.0. The van der Waals surface area contributed by atoms with Gasteiger partial charge in [-0.2, -0.15) is 13.2 Å². The topological polar surface area (TPSA) is 59.1 Å². The molecule has 4 nitrogen and oxygen atoms in total. The van der Waals surface area contributed by atoms with E-state index in [-0.39, 0.29) is 9.92 Å². The van der Waals surface area contributed by atoms with Gasteiger partial charge in [0.1, 0.15) is 4.83 Å². The van der Waals surface area contributed by atoms with Crippen LogP contribution in [0, 0.1) is 13.8 Å². The van der Waals surface area contributed by atoms with Crippen molar-refractivity contribution in [2.45, 2.75) is 24.9 Å². The molecule has 1 N–H and O–H groups in total. The molecule has 166 valence electrons. The molecule has 0 saturated carbocycles. The van der Waals surface area contributed by atoms with E-state index in [0.29, 0.717) is 32.7 Å². The largest absolute Gasteiger partial charge is 0.416 e. The highest BCUT2D eigenvalue weighted by atomic mass is 35.5. The summed E-state index contributed by atoms with van der Waals surface area (Å²) in [7, 11) is -3.97. The van der Waals surface area contributed by atoms with Gasteiger partial charge in [-0.25, -0.2) is 13.4 Å². The second-order valence-corrected chi connectivity index (χ2v) is 10.5. The number of nitrogens with one attached hydrogen (secondary N) is 1. The summed E-state index contributed by atoms with van der Waals surface area (Å²) in [5.74, 6) is 0. The van der Waals surface area contributed by atoms with E-state index in [9.17, 15) is 21.6 Å². The van der Waals surface area contributed by atoms with Crippen LogP contribution < -0.4 is 4.72 Å². The van der Waals surface area contributed by atoms with Gasteiger partial charge in [0.25, 0.3) is 10.0 Å². The molecule has 0 unspecified atom stereocenters. The van der Waals surface area contributed by atoms with E-state index in [2.05, 4.69) is 9.71 Å². The van der Waals surface area contributed by atoms with Crippen molar-refractivity contribution < 1.29 is 21.6 Å². The minimum Gasteiger partial charge on any atom is -0.279 e. The van der Waals surface area contributed by atoms with Gasteiger partial charge < -0.3 is 0 Å². The van der Waals surface area contributed by atoms with E-state index < -0.39 is 21.8 Å². The third-order valence-corrected chi connectivity index (χ3v) is 7.42. The van der Waals surface area contributed by atoms with Crippen molar-refractivity contribution >= 4 is 48.9 Å². The number of anilines is 1. The van der Waals surface area contributed by atoms with E-state index in [1.165, 1.54) is 41.7 Å². The van der Waals surface area contributed by atoms with Gasteiger partial charge in [0, 0.05) is 26.5 Å². The fraction of sp³-hybridized carbons (Fsp3) is 0.136. The van der Waals surface area contributed by atoms with Crippen molar-refractivity contribution in [3.63, 3.8) is 0 Å². The molecule has 4 rings (SSSR count). The smallest absolute Gasteiger partial charge is 0.279 e. The van der Waals surface area contributed by atoms with Crippen LogP contribution >= 0.6 is 22.9 Å². The molecule has 32 heavy (non-hydrogen) atoms. The van der Waals surface area contributed by atoms with E-state index in [4.69, 9.17) is 11.6 Å². The van der Waals surface area contributed by atoms with Crippen molar-refractivity contribution in [3.8, 4) is 11.1 Å². The number of thiophene rings is 1. The molecule has 0 fully saturated rings. The number of fused-ring (bicyclic) bond motifs is 1. The van der Waals surface area contributed by atoms with Gasteiger partial charge in [0.05, 0.1) is 16.1 Å². The predicted molar refractivity (Wildman–Crippen MR) is 122 cm³/mol. The van der Waals surface area contributed by atoms with Crippen molar-refractivity contribution in [2.75, 3.05) is 4.72 Å². The normalized spacial score (nSPS) is 12.3. The highest BCUT2D eigenvalue weighted by Crippen LogP contribution is 2.43. The molecule has 0 saturated heterocycles. The van der Waals surface area contributed by atoms with Crippen LogP contribution in [0.25, 0.3) is 21.3 Å². The highest BCUT2D eigenvalue weighted by Gasteiger charge is 2.30. The number of sulfonamides is 1. The Morgan fingerprint density at radius 3 is 2.34 bits per heavy atom. The molecule has 4 aromatic rings. The van der Waals surface area contributed by atoms with Gasteiger partial charge in [-0.05, 0) is 55.8 Å². The summed E-state index contributed by atoms with van der Waals surface area (Å²) in [5.41, 5.74) is 1.31. The average Bonchev–Trinajstić information content (AvgIpc) is 3.03. The second-order valence-electron chi connectivity index (χ2n) is 7.16. The number of hydrogen-bond acceptors (Lipinski definition) is 4. The van der Waals surface area contributed by atoms with Crippen LogP contribution in [-0.4, -0.2) is 13.4 Å². The van der Waals surface area contributed by atoms with E-state index in [0.717, 1.165) is 17.0 Å². The molecule has 0 aliphatic heterocycles. The van der Waals surface area contributed by atoms with Gasteiger partial charge in [-0.15, -0.1) is 11.3 Å². The third kappa shape index (κ3) is 4.32. The van der Waals surface area contributed by atoms with Crippen molar-refractivity contribution in [3.05, 3.63) is 75.8 Å². The lowest BCUT2D eigenvalue weighted by Crippen LogP contribution is -2.13. The van der Waals surface area contributed by atoms with Crippen LogP contribution in [-0.2, 0) is 16.2 Å². The number of rotatable bonds is 4. The summed E-state index contributed by atoms with van der Waals surface area (Å²) in [6.45, 7) is 3.56. The number of benzene rings is 2. The number of alkyl halides is 3. The Balaban J connectivity index is 1.87. The van der Waals surface area contributed by atoms with Crippen molar-refractivity contribution in [2.24, 2.45) is 0 Å². The standard InChI is InChI=1S/C22H16ClF3N2O2S2/c1-12-10-18(28-32(29,30)17-5-3-4-16(23)11-17)20-19(13(2)31-21(20)27-12)14-6-8-15(9-7-14)22(24,25)26/h3-11H,1-2H3,(H,27,28). The lowest BCUT2D eigenvalue weighted by molar-refractivity contribution is -0.137. The number of nitrogens with zero attached hydrogens (tertiary/aromatic N) is 1. The molecule has 0 bridgehead atoms. The van der Waals surface area contributed by atoms with Gasteiger partial charge in [0.15, 0.2) is 0 Å². The first-order valence-corrected chi connectivity index (χ1v) is 12.0. The van der Waals surface area contributed by atoms with E-state index in [1.807, 2.05) is 6.92 Å². The van der Waals surface area contributed by atoms with Crippen LogP contribution in [0.15, 0.2) is 59.5 Å². The maximum Gasteiger partial charge on any atom is 0.416 e. The second kappa shape index (κ2) is 8.06. The summed E-state index contributed by atoms with van der Waals surface area (Å²) in [5, 5.41) is 0.809. The summed E-state index contributed by atoms with van der Waals surface area (Å²) < 4.78 is 67.6. The Hall–Kier alpha value is -2.62. The van der Waals surface area contributed by atoms with E-state index in [1.54, 1.807) is 19.1 Å². The SMILES string of the molecule is Cc1cc(NS(=O)(=O)c2cccc(Cl)c2)c2c(-c3ccc(C(F)(F)F)cc3)c(C)sc2n1. The molecule has 0 atom stereocenters. The Morgan fingerprint density at radius 1 is 1.03 bits per heavy atom. The number of pyridine rings is 1. The van der Waals surface area contributed by atoms with Crippen molar-refractivity contribution in [1.29, 1.82) is 0 Å². The van der Waals surface area contributed by atoms with Crippen LogP contribution in [0.2, 0.25) is 5.02 Å². The highest BCUT2D eigenvalue weighted by molar-refractivity contribution is 7.92. The first kappa shape index (κ1) is 22.6. The minimum absolute atomic E-state index is 0.00403. The van der Waals surface area contributed by atoms with Gasteiger partial charge in [-0.1, -0.05) is 29.8 Å². The molecule has 10 heteroatoms. The number of aryl methyl sites for hydroxylation is 2. The maximum atomic E-state index is 13.0. The molecule has 2 heterocycles. The number of aromatic nitrogens is 1. The molecule has 2 aromatic carbocycles. The molecule has 0 aliphatic rings. The molecule has 0 radical (unpaired) electrons. The average molecular weight is 497 g/mol.